The minimum atomic E-state index is -3.49. The summed E-state index contributed by atoms with van der Waals surface area (Å²) in [5, 5.41) is -0.658. The van der Waals surface area contributed by atoms with Crippen LogP contribution in [0.2, 0.25) is 0 Å². The standard InChI is InChI=1S/C17H15BrO3S/c1-11-2-8-14(9-3-11)22(20,21)17-15(10-19)16(17)12-4-6-13(18)7-5-12/h2-10,15-17H,1H3/t15-,16+,17+/m0/s1. The van der Waals surface area contributed by atoms with Crippen LogP contribution in [-0.4, -0.2) is 20.0 Å². The van der Waals surface area contributed by atoms with Crippen LogP contribution >= 0.6 is 15.9 Å². The van der Waals surface area contributed by atoms with Gasteiger partial charge in [-0.05, 0) is 36.8 Å². The molecule has 0 unspecified atom stereocenters. The Morgan fingerprint density at radius 3 is 2.14 bits per heavy atom. The molecule has 0 aromatic heterocycles. The molecule has 0 amide bonds. The molecule has 1 fully saturated rings. The van der Waals surface area contributed by atoms with Crippen LogP contribution in [0.15, 0.2) is 57.9 Å². The fraction of sp³-hybridized carbons (Fsp3) is 0.235. The van der Waals surface area contributed by atoms with E-state index in [1.54, 1.807) is 24.3 Å². The van der Waals surface area contributed by atoms with E-state index in [2.05, 4.69) is 15.9 Å². The molecule has 5 heteroatoms. The van der Waals surface area contributed by atoms with Gasteiger partial charge in [-0.3, -0.25) is 0 Å². The molecule has 0 radical (unpaired) electrons. The molecular weight excluding hydrogens is 364 g/mol. The van der Waals surface area contributed by atoms with Crippen molar-refractivity contribution in [3.8, 4) is 0 Å². The lowest BCUT2D eigenvalue weighted by atomic mass is 10.1. The van der Waals surface area contributed by atoms with Gasteiger partial charge in [0.25, 0.3) is 0 Å². The number of rotatable bonds is 4. The first kappa shape index (κ1) is 15.4. The molecule has 22 heavy (non-hydrogen) atoms. The van der Waals surface area contributed by atoms with Gasteiger partial charge in [0.05, 0.1) is 10.1 Å². The summed E-state index contributed by atoms with van der Waals surface area (Å²) in [6.45, 7) is 1.91. The molecule has 1 aliphatic carbocycles. The first-order valence-corrected chi connectivity index (χ1v) is 9.30. The lowest BCUT2D eigenvalue weighted by Crippen LogP contribution is -2.11. The highest BCUT2D eigenvalue weighted by atomic mass is 79.9. The number of halogens is 1. The van der Waals surface area contributed by atoms with Crippen LogP contribution in [0.4, 0.5) is 0 Å². The van der Waals surface area contributed by atoms with Gasteiger partial charge in [0.15, 0.2) is 9.84 Å². The summed E-state index contributed by atoms with van der Waals surface area (Å²) in [6, 6.07) is 14.3. The second kappa shape index (κ2) is 5.63. The zero-order chi connectivity index (χ0) is 15.9. The van der Waals surface area contributed by atoms with Gasteiger partial charge in [-0.1, -0.05) is 45.8 Å². The Morgan fingerprint density at radius 2 is 1.59 bits per heavy atom. The van der Waals surface area contributed by atoms with Crippen molar-refractivity contribution in [1.29, 1.82) is 0 Å². The fourth-order valence-corrected chi connectivity index (χ4v) is 5.22. The van der Waals surface area contributed by atoms with Crippen LogP contribution in [0.25, 0.3) is 0 Å². The molecule has 0 aliphatic heterocycles. The minimum Gasteiger partial charge on any atom is -0.303 e. The highest BCUT2D eigenvalue weighted by Gasteiger charge is 2.58. The molecule has 0 heterocycles. The maximum Gasteiger partial charge on any atom is 0.182 e. The molecule has 0 spiro atoms. The number of aldehydes is 1. The maximum atomic E-state index is 12.8. The molecule has 114 valence electrons. The second-order valence-corrected chi connectivity index (χ2v) is 8.63. The minimum absolute atomic E-state index is 0.253. The van der Waals surface area contributed by atoms with E-state index in [4.69, 9.17) is 0 Å². The van der Waals surface area contributed by atoms with Crippen molar-refractivity contribution < 1.29 is 13.2 Å². The van der Waals surface area contributed by atoms with Gasteiger partial charge in [-0.2, -0.15) is 0 Å². The number of benzene rings is 2. The molecule has 3 atom stereocenters. The van der Waals surface area contributed by atoms with Crippen LogP contribution < -0.4 is 0 Å². The van der Waals surface area contributed by atoms with Gasteiger partial charge in [0.1, 0.15) is 6.29 Å². The van der Waals surface area contributed by atoms with Crippen LogP contribution in [0, 0.1) is 12.8 Å². The van der Waals surface area contributed by atoms with Crippen LogP contribution in [-0.2, 0) is 14.6 Å². The summed E-state index contributed by atoms with van der Waals surface area (Å²) in [5.74, 6) is -0.718. The van der Waals surface area contributed by atoms with Crippen LogP contribution in [0.3, 0.4) is 0 Å². The summed E-state index contributed by atoms with van der Waals surface area (Å²) in [4.78, 5) is 11.6. The van der Waals surface area contributed by atoms with E-state index in [0.717, 1.165) is 21.9 Å². The van der Waals surface area contributed by atoms with Crippen molar-refractivity contribution in [3.63, 3.8) is 0 Å². The fourth-order valence-electron chi connectivity index (χ4n) is 2.85. The largest absolute Gasteiger partial charge is 0.303 e. The molecule has 0 N–H and O–H groups in total. The molecular formula is C17H15BrO3S. The van der Waals surface area contributed by atoms with E-state index in [0.29, 0.717) is 0 Å². The molecule has 2 aromatic carbocycles. The van der Waals surface area contributed by atoms with Gasteiger partial charge in [0.2, 0.25) is 0 Å². The van der Waals surface area contributed by atoms with E-state index in [1.165, 1.54) is 0 Å². The maximum absolute atomic E-state index is 12.8. The normalized spacial score (nSPS) is 24.0. The molecule has 2 aromatic rings. The molecule has 0 saturated heterocycles. The molecule has 0 bridgehead atoms. The molecule has 1 saturated carbocycles. The molecule has 1 aliphatic rings. The third kappa shape index (κ3) is 2.63. The second-order valence-electron chi connectivity index (χ2n) is 5.61. The predicted octanol–water partition coefficient (Wildman–Crippen LogP) is 3.51. The van der Waals surface area contributed by atoms with Crippen molar-refractivity contribution in [3.05, 3.63) is 64.1 Å². The summed E-state index contributed by atoms with van der Waals surface area (Å²) in [5.41, 5.74) is 1.90. The van der Waals surface area contributed by atoms with Crippen molar-refractivity contribution in [1.82, 2.24) is 0 Å². The van der Waals surface area contributed by atoms with Gasteiger partial charge in [0, 0.05) is 16.3 Å². The van der Waals surface area contributed by atoms with Gasteiger partial charge in [-0.15, -0.1) is 0 Å². The average Bonchev–Trinajstić information content (AvgIpc) is 3.24. The number of hydrogen-bond acceptors (Lipinski definition) is 3. The summed E-state index contributed by atoms with van der Waals surface area (Å²) in [7, 11) is -3.49. The Kier molecular flexibility index (Phi) is 3.95. The first-order valence-electron chi connectivity index (χ1n) is 6.96. The number of aryl methyl sites for hydroxylation is 1. The third-order valence-electron chi connectivity index (χ3n) is 4.13. The van der Waals surface area contributed by atoms with E-state index in [9.17, 15) is 13.2 Å². The first-order chi connectivity index (χ1) is 10.4. The molecule has 3 nitrogen and oxygen atoms in total. The van der Waals surface area contributed by atoms with E-state index >= 15 is 0 Å². The van der Waals surface area contributed by atoms with E-state index in [-0.39, 0.29) is 10.8 Å². The van der Waals surface area contributed by atoms with Gasteiger partial charge < -0.3 is 4.79 Å². The number of carbonyl (C=O) groups is 1. The number of hydrogen-bond donors (Lipinski definition) is 0. The van der Waals surface area contributed by atoms with Gasteiger partial charge >= 0.3 is 0 Å². The zero-order valence-corrected chi connectivity index (χ0v) is 14.3. The van der Waals surface area contributed by atoms with E-state index < -0.39 is 21.0 Å². The van der Waals surface area contributed by atoms with E-state index in [1.807, 2.05) is 31.2 Å². The van der Waals surface area contributed by atoms with Crippen molar-refractivity contribution in [2.75, 3.05) is 0 Å². The Labute approximate surface area is 138 Å². The summed E-state index contributed by atoms with van der Waals surface area (Å²) in [6.07, 6.45) is 0.767. The topological polar surface area (TPSA) is 51.2 Å². The van der Waals surface area contributed by atoms with Crippen LogP contribution in [0.5, 0.6) is 0 Å². The predicted molar refractivity (Wildman–Crippen MR) is 88.6 cm³/mol. The Morgan fingerprint density at radius 1 is 1.00 bits per heavy atom. The Hall–Kier alpha value is -1.46. The summed E-state index contributed by atoms with van der Waals surface area (Å²) < 4.78 is 26.4. The Bertz CT molecular complexity index is 795. The average molecular weight is 379 g/mol. The lowest BCUT2D eigenvalue weighted by Gasteiger charge is -2.05. The van der Waals surface area contributed by atoms with Gasteiger partial charge in [-0.25, -0.2) is 8.42 Å². The van der Waals surface area contributed by atoms with Crippen molar-refractivity contribution >= 4 is 32.1 Å². The third-order valence-corrected chi connectivity index (χ3v) is 6.91. The van der Waals surface area contributed by atoms with Crippen molar-refractivity contribution in [2.24, 2.45) is 5.92 Å². The van der Waals surface area contributed by atoms with Crippen molar-refractivity contribution in [2.45, 2.75) is 23.0 Å². The Balaban J connectivity index is 1.95. The SMILES string of the molecule is Cc1ccc(S(=O)(=O)[C@@H]2[C@@H](C=O)[C@H]2c2ccc(Br)cc2)cc1. The van der Waals surface area contributed by atoms with Crippen LogP contribution in [0.1, 0.15) is 17.0 Å². The quantitative estimate of drug-likeness (QED) is 0.764. The zero-order valence-electron chi connectivity index (χ0n) is 11.9. The summed E-state index contributed by atoms with van der Waals surface area (Å²) >= 11 is 3.36. The number of sulfone groups is 1. The number of carbonyl (C=O) groups excluding carboxylic acids is 1. The highest BCUT2D eigenvalue weighted by molar-refractivity contribution is 9.10. The smallest absolute Gasteiger partial charge is 0.182 e. The highest BCUT2D eigenvalue weighted by Crippen LogP contribution is 2.52. The lowest BCUT2D eigenvalue weighted by molar-refractivity contribution is -0.108. The monoisotopic (exact) mass is 378 g/mol. The molecule has 3 rings (SSSR count).